The first kappa shape index (κ1) is 8.53. The maximum atomic E-state index is 11.1. The molecule has 2 heteroatoms. The fraction of sp³-hybridized carbons (Fsp3) is 0.100. The summed E-state index contributed by atoms with van der Waals surface area (Å²) in [6.07, 6.45) is 12.9. The van der Waals surface area contributed by atoms with Crippen molar-refractivity contribution in [2.75, 3.05) is 7.05 Å². The lowest BCUT2D eigenvalue weighted by atomic mass is 10.2. The van der Waals surface area contributed by atoms with Crippen LogP contribution in [-0.2, 0) is 4.79 Å². The van der Waals surface area contributed by atoms with Gasteiger partial charge >= 0.3 is 0 Å². The fourth-order valence-corrected chi connectivity index (χ4v) is 0.862. The average molecular weight is 161 g/mol. The second-order valence-corrected chi connectivity index (χ2v) is 2.33. The lowest BCUT2D eigenvalue weighted by Gasteiger charge is -1.98. The van der Waals surface area contributed by atoms with Gasteiger partial charge in [0.05, 0.1) is 0 Å². The highest BCUT2D eigenvalue weighted by Gasteiger charge is 2.00. The normalized spacial score (nSPS) is 27.2. The van der Waals surface area contributed by atoms with Gasteiger partial charge in [0.15, 0.2) is 0 Å². The Bertz CT molecular complexity index is 282. The molecule has 0 unspecified atom stereocenters. The Morgan fingerprint density at radius 1 is 1.17 bits per heavy atom. The highest BCUT2D eigenvalue weighted by Crippen LogP contribution is 2.00. The molecule has 0 saturated heterocycles. The molecule has 1 N–H and O–H groups in total. The van der Waals surface area contributed by atoms with Crippen molar-refractivity contribution < 1.29 is 4.79 Å². The minimum absolute atomic E-state index is 0.0637. The van der Waals surface area contributed by atoms with Gasteiger partial charge < -0.3 is 5.32 Å². The second kappa shape index (κ2) is 4.34. The lowest BCUT2D eigenvalue weighted by Crippen LogP contribution is -2.18. The van der Waals surface area contributed by atoms with E-state index in [0.717, 1.165) is 0 Å². The lowest BCUT2D eigenvalue weighted by molar-refractivity contribution is -0.116. The number of likely N-dealkylation sites (N-methyl/N-ethyl adjacent to an activating group) is 1. The first-order chi connectivity index (χ1) is 5.84. The van der Waals surface area contributed by atoms with Gasteiger partial charge in [-0.05, 0) is 12.2 Å². The van der Waals surface area contributed by atoms with Gasteiger partial charge in [-0.3, -0.25) is 4.79 Å². The Morgan fingerprint density at radius 3 is 2.58 bits per heavy atom. The molecule has 0 aromatic heterocycles. The van der Waals surface area contributed by atoms with E-state index in [0.29, 0.717) is 5.57 Å². The summed E-state index contributed by atoms with van der Waals surface area (Å²) in [6.45, 7) is 0. The van der Waals surface area contributed by atoms with Crippen LogP contribution in [0.4, 0.5) is 0 Å². The van der Waals surface area contributed by atoms with Crippen LogP contribution in [-0.4, -0.2) is 13.0 Å². The molecule has 0 radical (unpaired) electrons. The number of hydrogen-bond acceptors (Lipinski definition) is 1. The van der Waals surface area contributed by atoms with Crippen LogP contribution < -0.4 is 5.32 Å². The zero-order valence-electron chi connectivity index (χ0n) is 6.95. The Balaban J connectivity index is 2.82. The molecule has 0 atom stereocenters. The highest BCUT2D eigenvalue weighted by atomic mass is 16.1. The summed E-state index contributed by atoms with van der Waals surface area (Å²) in [6, 6.07) is 0. The van der Waals surface area contributed by atoms with Crippen LogP contribution in [0.2, 0.25) is 0 Å². The number of hydrogen-bond donors (Lipinski definition) is 1. The molecular formula is C10H11NO. The van der Waals surface area contributed by atoms with E-state index in [4.69, 9.17) is 0 Å². The van der Waals surface area contributed by atoms with Crippen molar-refractivity contribution in [3.8, 4) is 0 Å². The van der Waals surface area contributed by atoms with Gasteiger partial charge in [0, 0.05) is 12.6 Å². The van der Waals surface area contributed by atoms with Crippen molar-refractivity contribution in [1.82, 2.24) is 5.32 Å². The van der Waals surface area contributed by atoms with Crippen LogP contribution >= 0.6 is 0 Å². The van der Waals surface area contributed by atoms with E-state index in [1.807, 2.05) is 30.4 Å². The molecule has 1 aliphatic rings. The van der Waals surface area contributed by atoms with Crippen molar-refractivity contribution in [3.05, 3.63) is 48.1 Å². The molecule has 12 heavy (non-hydrogen) atoms. The molecule has 0 aromatic carbocycles. The van der Waals surface area contributed by atoms with Gasteiger partial charge in [0.2, 0.25) is 0 Å². The third-order valence-corrected chi connectivity index (χ3v) is 1.49. The highest BCUT2D eigenvalue weighted by molar-refractivity contribution is 5.96. The molecule has 62 valence electrons. The van der Waals surface area contributed by atoms with E-state index in [1.165, 1.54) is 0 Å². The summed E-state index contributed by atoms with van der Waals surface area (Å²) < 4.78 is 0. The van der Waals surface area contributed by atoms with Crippen molar-refractivity contribution >= 4 is 5.91 Å². The zero-order valence-corrected chi connectivity index (χ0v) is 6.95. The quantitative estimate of drug-likeness (QED) is 0.617. The number of nitrogens with one attached hydrogen (secondary N) is 1. The molecule has 0 aromatic rings. The van der Waals surface area contributed by atoms with E-state index in [1.54, 1.807) is 19.2 Å². The number of carbonyl (C=O) groups excluding carboxylic acids is 1. The van der Waals surface area contributed by atoms with Crippen LogP contribution in [0.15, 0.2) is 48.1 Å². The molecular weight excluding hydrogens is 150 g/mol. The standard InChI is InChI=1S/C10H11NO/c1-11-10(12)9-7-5-3-2-4-6-8-9/h2-8H,1H3,(H,11,12)/b3-2-,4-2?,5-3?,6-4-,7-5-,8-6?,9-7?,9-8+. The molecule has 0 saturated carbocycles. The van der Waals surface area contributed by atoms with Gasteiger partial charge in [-0.2, -0.15) is 0 Å². The summed E-state index contributed by atoms with van der Waals surface area (Å²) in [7, 11) is 1.62. The van der Waals surface area contributed by atoms with Crippen molar-refractivity contribution in [1.29, 1.82) is 0 Å². The first-order valence-corrected chi connectivity index (χ1v) is 3.78. The van der Waals surface area contributed by atoms with Crippen LogP contribution in [0.3, 0.4) is 0 Å². The SMILES string of the molecule is CNC(=O)C1=C/C=C\C=C/C=C\1. The van der Waals surface area contributed by atoms with Crippen molar-refractivity contribution in [2.24, 2.45) is 0 Å². The minimum atomic E-state index is -0.0637. The van der Waals surface area contributed by atoms with Crippen LogP contribution in [0.5, 0.6) is 0 Å². The third kappa shape index (κ3) is 2.23. The predicted molar refractivity (Wildman–Crippen MR) is 49.6 cm³/mol. The van der Waals surface area contributed by atoms with Gasteiger partial charge in [0.25, 0.3) is 5.91 Å². The molecule has 0 aliphatic heterocycles. The first-order valence-electron chi connectivity index (χ1n) is 3.78. The van der Waals surface area contributed by atoms with Crippen molar-refractivity contribution in [3.63, 3.8) is 0 Å². The number of allylic oxidation sites excluding steroid dienone is 6. The molecule has 1 rings (SSSR count). The molecule has 0 spiro atoms. The Hall–Kier alpha value is -1.57. The topological polar surface area (TPSA) is 29.1 Å². The molecule has 1 amide bonds. The number of rotatable bonds is 1. The van der Waals surface area contributed by atoms with Gasteiger partial charge in [-0.15, -0.1) is 0 Å². The summed E-state index contributed by atoms with van der Waals surface area (Å²) in [5.41, 5.74) is 0.665. The van der Waals surface area contributed by atoms with E-state index in [-0.39, 0.29) is 5.91 Å². The summed E-state index contributed by atoms with van der Waals surface area (Å²) >= 11 is 0. The average Bonchev–Trinajstić information content (AvgIpc) is 2.02. The molecule has 0 fully saturated rings. The second-order valence-electron chi connectivity index (χ2n) is 2.33. The van der Waals surface area contributed by atoms with Crippen LogP contribution in [0.25, 0.3) is 0 Å². The van der Waals surface area contributed by atoms with E-state index in [2.05, 4.69) is 5.32 Å². The molecule has 0 heterocycles. The Labute approximate surface area is 72.0 Å². The largest absolute Gasteiger partial charge is 0.355 e. The monoisotopic (exact) mass is 161 g/mol. The molecule has 0 bridgehead atoms. The summed E-state index contributed by atoms with van der Waals surface area (Å²) in [5.74, 6) is -0.0637. The van der Waals surface area contributed by atoms with Gasteiger partial charge in [-0.1, -0.05) is 30.4 Å². The summed E-state index contributed by atoms with van der Waals surface area (Å²) in [4.78, 5) is 11.1. The molecule has 2 nitrogen and oxygen atoms in total. The maximum absolute atomic E-state index is 11.1. The number of amides is 1. The van der Waals surface area contributed by atoms with E-state index in [9.17, 15) is 4.79 Å². The van der Waals surface area contributed by atoms with E-state index < -0.39 is 0 Å². The summed E-state index contributed by atoms with van der Waals surface area (Å²) in [5, 5.41) is 2.57. The van der Waals surface area contributed by atoms with Crippen LogP contribution in [0.1, 0.15) is 0 Å². The smallest absolute Gasteiger partial charge is 0.251 e. The minimum Gasteiger partial charge on any atom is -0.355 e. The van der Waals surface area contributed by atoms with E-state index >= 15 is 0 Å². The zero-order chi connectivity index (χ0) is 8.81. The number of carbonyl (C=O) groups is 1. The van der Waals surface area contributed by atoms with Crippen LogP contribution in [0, 0.1) is 0 Å². The maximum Gasteiger partial charge on any atom is 0.251 e. The van der Waals surface area contributed by atoms with Gasteiger partial charge in [-0.25, -0.2) is 0 Å². The fourth-order valence-electron chi connectivity index (χ4n) is 0.862. The Kier molecular flexibility index (Phi) is 3.08. The predicted octanol–water partition coefficient (Wildman–Crippen LogP) is 1.34. The third-order valence-electron chi connectivity index (χ3n) is 1.49. The van der Waals surface area contributed by atoms with Gasteiger partial charge in [0.1, 0.15) is 0 Å². The molecule has 1 aliphatic carbocycles. The van der Waals surface area contributed by atoms with Crippen molar-refractivity contribution in [2.45, 2.75) is 0 Å². The Morgan fingerprint density at radius 2 is 1.83 bits per heavy atom.